The highest BCUT2D eigenvalue weighted by molar-refractivity contribution is 4.63. The molecule has 4 nitrogen and oxygen atoms in total. The van der Waals surface area contributed by atoms with E-state index in [2.05, 4.69) is 0 Å². The third-order valence-electron chi connectivity index (χ3n) is 2.34. The molecule has 15 heavy (non-hydrogen) atoms. The van der Waals surface area contributed by atoms with Crippen LogP contribution < -0.4 is 0 Å². The van der Waals surface area contributed by atoms with Crippen molar-refractivity contribution in [1.29, 1.82) is 0 Å². The van der Waals surface area contributed by atoms with Gasteiger partial charge in [-0.1, -0.05) is 6.92 Å². The first-order valence-electron chi connectivity index (χ1n) is 5.55. The molecule has 0 heterocycles. The molecule has 2 atom stereocenters. The molecule has 4 heteroatoms. The van der Waals surface area contributed by atoms with E-state index in [1.54, 1.807) is 13.8 Å². The van der Waals surface area contributed by atoms with Crippen LogP contribution in [0.25, 0.3) is 0 Å². The molecule has 0 aromatic heterocycles. The second-order valence-corrected chi connectivity index (χ2v) is 3.85. The van der Waals surface area contributed by atoms with Crippen LogP contribution in [0.4, 0.5) is 0 Å². The van der Waals surface area contributed by atoms with Crippen LogP contribution in [-0.2, 0) is 0 Å². The Hall–Kier alpha value is -0.160. The largest absolute Gasteiger partial charge is 0.396 e. The van der Waals surface area contributed by atoms with Crippen molar-refractivity contribution in [3.63, 3.8) is 0 Å². The van der Waals surface area contributed by atoms with E-state index >= 15 is 0 Å². The smallest absolute Gasteiger partial charge is 0.0562 e. The monoisotopic (exact) mass is 222 g/mol. The maximum Gasteiger partial charge on any atom is 0.0562 e. The van der Waals surface area contributed by atoms with Crippen molar-refractivity contribution in [2.75, 3.05) is 13.2 Å². The minimum absolute atomic E-state index is 0.0185. The zero-order chi connectivity index (χ0) is 12.3. The molecule has 94 valence electrons. The molecule has 0 aromatic carbocycles. The standard InChI is InChI=1S/C6H14O2.C5H12O2/c1-4(5(2)7)6(3)8;6-4-2-1-3-5-7/h4-8H,1-3H3;6-7H,1-5H2. The van der Waals surface area contributed by atoms with E-state index in [1.807, 2.05) is 6.92 Å². The molecule has 0 aliphatic rings. The SMILES string of the molecule is CC(O)C(C)C(C)O.OCCCCCO. The maximum atomic E-state index is 8.83. The lowest BCUT2D eigenvalue weighted by molar-refractivity contribution is 0.0420. The van der Waals surface area contributed by atoms with E-state index < -0.39 is 12.2 Å². The second-order valence-electron chi connectivity index (χ2n) is 3.85. The van der Waals surface area contributed by atoms with Gasteiger partial charge >= 0.3 is 0 Å². The molecule has 0 radical (unpaired) electrons. The molecule has 0 fully saturated rings. The highest BCUT2D eigenvalue weighted by Crippen LogP contribution is 2.06. The zero-order valence-corrected chi connectivity index (χ0v) is 10.1. The maximum absolute atomic E-state index is 8.83. The predicted octanol–water partition coefficient (Wildman–Crippen LogP) is 0.525. The summed E-state index contributed by atoms with van der Waals surface area (Å²) in [6.45, 7) is 5.67. The van der Waals surface area contributed by atoms with Gasteiger partial charge in [0, 0.05) is 19.1 Å². The van der Waals surface area contributed by atoms with E-state index in [1.165, 1.54) is 0 Å². The first-order valence-corrected chi connectivity index (χ1v) is 5.55. The molecule has 0 amide bonds. The predicted molar refractivity (Wildman–Crippen MR) is 60.5 cm³/mol. The topological polar surface area (TPSA) is 80.9 Å². The quantitative estimate of drug-likeness (QED) is 0.494. The van der Waals surface area contributed by atoms with Gasteiger partial charge in [0.15, 0.2) is 0 Å². The molecule has 0 saturated carbocycles. The van der Waals surface area contributed by atoms with E-state index in [9.17, 15) is 0 Å². The number of unbranched alkanes of at least 4 members (excludes halogenated alkanes) is 2. The number of aliphatic hydroxyl groups excluding tert-OH is 4. The lowest BCUT2D eigenvalue weighted by atomic mass is 10.0. The fourth-order valence-electron chi connectivity index (χ4n) is 0.803. The summed E-state index contributed by atoms with van der Waals surface area (Å²) in [4.78, 5) is 0. The normalized spacial score (nSPS) is 16.2. The third-order valence-corrected chi connectivity index (χ3v) is 2.34. The van der Waals surface area contributed by atoms with E-state index in [0.717, 1.165) is 19.3 Å². The van der Waals surface area contributed by atoms with Gasteiger partial charge in [0.25, 0.3) is 0 Å². The zero-order valence-electron chi connectivity index (χ0n) is 10.1. The van der Waals surface area contributed by atoms with Crippen LogP contribution in [0.5, 0.6) is 0 Å². The van der Waals surface area contributed by atoms with E-state index in [4.69, 9.17) is 20.4 Å². The summed E-state index contributed by atoms with van der Waals surface area (Å²) in [5, 5.41) is 34.1. The summed E-state index contributed by atoms with van der Waals surface area (Å²) >= 11 is 0. The van der Waals surface area contributed by atoms with Gasteiger partial charge in [0.2, 0.25) is 0 Å². The molecule has 0 rings (SSSR count). The van der Waals surface area contributed by atoms with Crippen LogP contribution in [0, 0.1) is 5.92 Å². The van der Waals surface area contributed by atoms with E-state index in [-0.39, 0.29) is 19.1 Å². The molecule has 0 aliphatic carbocycles. The molecule has 4 N–H and O–H groups in total. The molecule has 2 unspecified atom stereocenters. The van der Waals surface area contributed by atoms with Crippen LogP contribution in [0.15, 0.2) is 0 Å². The highest BCUT2D eigenvalue weighted by Gasteiger charge is 2.13. The van der Waals surface area contributed by atoms with Gasteiger partial charge in [-0.15, -0.1) is 0 Å². The van der Waals surface area contributed by atoms with Gasteiger partial charge in [-0.2, -0.15) is 0 Å². The average molecular weight is 222 g/mol. The van der Waals surface area contributed by atoms with Crippen LogP contribution in [0.1, 0.15) is 40.0 Å². The van der Waals surface area contributed by atoms with Gasteiger partial charge in [-0.05, 0) is 33.1 Å². The molecule has 0 saturated heterocycles. The molecule has 0 aliphatic heterocycles. The summed E-state index contributed by atoms with van der Waals surface area (Å²) in [5.41, 5.74) is 0. The van der Waals surface area contributed by atoms with Gasteiger partial charge < -0.3 is 20.4 Å². The fraction of sp³-hybridized carbons (Fsp3) is 1.00. The van der Waals surface area contributed by atoms with Crippen LogP contribution in [0.2, 0.25) is 0 Å². The average Bonchev–Trinajstić information content (AvgIpc) is 2.18. The fourth-order valence-corrected chi connectivity index (χ4v) is 0.803. The van der Waals surface area contributed by atoms with Gasteiger partial charge in [0.1, 0.15) is 0 Å². The summed E-state index contributed by atoms with van der Waals surface area (Å²) in [7, 11) is 0. The Labute approximate surface area is 92.6 Å². The van der Waals surface area contributed by atoms with Gasteiger partial charge in [-0.3, -0.25) is 0 Å². The Bertz CT molecular complexity index is 103. The Balaban J connectivity index is 0. The Kier molecular flexibility index (Phi) is 13.7. The minimum Gasteiger partial charge on any atom is -0.396 e. The van der Waals surface area contributed by atoms with Crippen LogP contribution in [-0.4, -0.2) is 45.8 Å². The van der Waals surface area contributed by atoms with Crippen LogP contribution >= 0.6 is 0 Å². The van der Waals surface area contributed by atoms with Gasteiger partial charge in [-0.25, -0.2) is 0 Å². The second kappa shape index (κ2) is 11.9. The lowest BCUT2D eigenvalue weighted by Crippen LogP contribution is -2.24. The first kappa shape index (κ1) is 17.2. The highest BCUT2D eigenvalue weighted by atomic mass is 16.3. The van der Waals surface area contributed by atoms with Crippen molar-refractivity contribution in [3.8, 4) is 0 Å². The van der Waals surface area contributed by atoms with Crippen molar-refractivity contribution < 1.29 is 20.4 Å². The summed E-state index contributed by atoms with van der Waals surface area (Å²) in [5.74, 6) is -0.0185. The molecule has 0 aromatic rings. The Morgan fingerprint density at radius 3 is 1.20 bits per heavy atom. The summed E-state index contributed by atoms with van der Waals surface area (Å²) in [6.07, 6.45) is 1.76. The number of hydrogen-bond donors (Lipinski definition) is 4. The van der Waals surface area contributed by atoms with Crippen molar-refractivity contribution in [3.05, 3.63) is 0 Å². The van der Waals surface area contributed by atoms with Crippen molar-refractivity contribution >= 4 is 0 Å². The number of rotatable bonds is 6. The minimum atomic E-state index is -0.407. The number of hydrogen-bond acceptors (Lipinski definition) is 4. The van der Waals surface area contributed by atoms with Gasteiger partial charge in [0.05, 0.1) is 12.2 Å². The number of aliphatic hydroxyl groups is 4. The Morgan fingerprint density at radius 1 is 0.733 bits per heavy atom. The summed E-state index contributed by atoms with van der Waals surface area (Å²) in [6, 6.07) is 0. The summed E-state index contributed by atoms with van der Waals surface area (Å²) < 4.78 is 0. The van der Waals surface area contributed by atoms with Crippen molar-refractivity contribution in [1.82, 2.24) is 0 Å². The lowest BCUT2D eigenvalue weighted by Gasteiger charge is -2.16. The molecular formula is C11H26O4. The molecule has 0 bridgehead atoms. The van der Waals surface area contributed by atoms with Crippen LogP contribution in [0.3, 0.4) is 0 Å². The first-order chi connectivity index (χ1) is 6.97. The molecular weight excluding hydrogens is 196 g/mol. The third kappa shape index (κ3) is 13.8. The molecule has 0 spiro atoms. The Morgan fingerprint density at radius 2 is 1.07 bits per heavy atom. The van der Waals surface area contributed by atoms with Crippen molar-refractivity contribution in [2.24, 2.45) is 5.92 Å². The van der Waals surface area contributed by atoms with E-state index in [0.29, 0.717) is 0 Å². The van der Waals surface area contributed by atoms with Crippen molar-refractivity contribution in [2.45, 2.75) is 52.2 Å².